The Morgan fingerprint density at radius 3 is 2.51 bits per heavy atom. The van der Waals surface area contributed by atoms with Crippen molar-refractivity contribution in [3.63, 3.8) is 0 Å². The summed E-state index contributed by atoms with van der Waals surface area (Å²) in [6.07, 6.45) is 1.88. The van der Waals surface area contributed by atoms with E-state index < -0.39 is 0 Å². The van der Waals surface area contributed by atoms with Gasteiger partial charge in [-0.15, -0.1) is 17.5 Å². The predicted octanol–water partition coefficient (Wildman–Crippen LogP) is 6.55. The summed E-state index contributed by atoms with van der Waals surface area (Å²) in [4.78, 5) is 11.3. The van der Waals surface area contributed by atoms with Gasteiger partial charge in [0.1, 0.15) is 11.6 Å². The van der Waals surface area contributed by atoms with E-state index in [0.29, 0.717) is 23.0 Å². The van der Waals surface area contributed by atoms with E-state index in [2.05, 4.69) is 83.0 Å². The SMILES string of the molecule is CN(C)c1cc(-c2cccc(Oc3[c-]c4c(cc3)c3ccccc3n4-c3cc(C(C)(C)C)ccn3)n2)[n-]n1.[Pt+2]. The maximum atomic E-state index is 6.21. The first-order chi connectivity index (χ1) is 18.3. The minimum Gasteiger partial charge on any atom is -0.572 e. The zero-order valence-corrected chi connectivity index (χ0v) is 24.7. The number of pyridine rings is 2. The van der Waals surface area contributed by atoms with E-state index in [9.17, 15) is 0 Å². The summed E-state index contributed by atoms with van der Waals surface area (Å²) in [5.41, 5.74) is 4.58. The Morgan fingerprint density at radius 2 is 1.74 bits per heavy atom. The van der Waals surface area contributed by atoms with Gasteiger partial charge in [0.2, 0.25) is 5.88 Å². The molecular weight excluding hydrogens is 667 g/mol. The first-order valence-electron chi connectivity index (χ1n) is 12.5. The molecular formula is C31H28N6OPt. The maximum absolute atomic E-state index is 6.21. The second-order valence-corrected chi connectivity index (χ2v) is 10.5. The van der Waals surface area contributed by atoms with Crippen molar-refractivity contribution >= 4 is 27.6 Å². The molecule has 0 aliphatic carbocycles. The van der Waals surface area contributed by atoms with E-state index in [0.717, 1.165) is 33.4 Å². The molecule has 0 amide bonds. The zero-order chi connectivity index (χ0) is 26.4. The molecule has 39 heavy (non-hydrogen) atoms. The molecule has 198 valence electrons. The van der Waals surface area contributed by atoms with E-state index >= 15 is 0 Å². The summed E-state index contributed by atoms with van der Waals surface area (Å²) >= 11 is 0. The van der Waals surface area contributed by atoms with Crippen LogP contribution in [-0.2, 0) is 26.5 Å². The molecule has 0 aliphatic rings. The Morgan fingerprint density at radius 1 is 0.923 bits per heavy atom. The number of ether oxygens (including phenoxy) is 1. The van der Waals surface area contributed by atoms with Crippen LogP contribution in [0.25, 0.3) is 39.0 Å². The number of para-hydroxylation sites is 1. The van der Waals surface area contributed by atoms with Crippen LogP contribution in [-0.4, -0.2) is 33.7 Å². The van der Waals surface area contributed by atoms with Crippen molar-refractivity contribution in [1.29, 1.82) is 0 Å². The van der Waals surface area contributed by atoms with Crippen LogP contribution in [0.1, 0.15) is 26.3 Å². The molecule has 4 aromatic heterocycles. The number of fused-ring (bicyclic) bond motifs is 3. The van der Waals surface area contributed by atoms with Gasteiger partial charge in [-0.1, -0.05) is 56.2 Å². The Labute approximate surface area is 242 Å². The maximum Gasteiger partial charge on any atom is 2.00 e. The molecule has 4 heterocycles. The van der Waals surface area contributed by atoms with E-state index in [-0.39, 0.29) is 26.5 Å². The third-order valence-corrected chi connectivity index (χ3v) is 6.58. The van der Waals surface area contributed by atoms with Crippen LogP contribution >= 0.6 is 0 Å². The number of benzene rings is 2. The molecule has 0 saturated carbocycles. The number of hydrogen-bond acceptors (Lipinski definition) is 5. The summed E-state index contributed by atoms with van der Waals surface area (Å²) in [6, 6.07) is 27.6. The van der Waals surface area contributed by atoms with Crippen molar-refractivity contribution in [1.82, 2.24) is 24.7 Å². The largest absolute Gasteiger partial charge is 2.00 e. The molecule has 6 rings (SSSR count). The van der Waals surface area contributed by atoms with E-state index in [1.54, 1.807) is 0 Å². The van der Waals surface area contributed by atoms with Crippen LogP contribution in [0.4, 0.5) is 5.82 Å². The predicted molar refractivity (Wildman–Crippen MR) is 151 cm³/mol. The monoisotopic (exact) mass is 695 g/mol. The average Bonchev–Trinajstić information content (AvgIpc) is 3.52. The summed E-state index contributed by atoms with van der Waals surface area (Å²) in [5, 5.41) is 10.7. The smallest absolute Gasteiger partial charge is 0.572 e. The third kappa shape index (κ3) is 5.07. The molecule has 0 saturated heterocycles. The Kier molecular flexibility index (Phi) is 7.04. The van der Waals surface area contributed by atoms with Crippen LogP contribution in [0.15, 0.2) is 79.0 Å². The van der Waals surface area contributed by atoms with Crippen molar-refractivity contribution < 1.29 is 25.8 Å². The molecule has 0 bridgehead atoms. The quantitative estimate of drug-likeness (QED) is 0.191. The molecule has 0 radical (unpaired) electrons. The Bertz CT molecular complexity index is 1780. The second-order valence-electron chi connectivity index (χ2n) is 10.5. The normalized spacial score (nSPS) is 11.5. The molecule has 0 aliphatic heterocycles. The van der Waals surface area contributed by atoms with Gasteiger partial charge in [-0.25, -0.2) is 9.97 Å². The molecule has 6 aromatic rings. The van der Waals surface area contributed by atoms with Gasteiger partial charge < -0.3 is 24.4 Å². The van der Waals surface area contributed by atoms with Gasteiger partial charge in [0.05, 0.1) is 5.69 Å². The van der Waals surface area contributed by atoms with Gasteiger partial charge in [-0.05, 0) is 46.7 Å². The average molecular weight is 696 g/mol. The fraction of sp³-hybridized carbons (Fsp3) is 0.194. The number of aromatic nitrogens is 5. The minimum atomic E-state index is 0. The Hall–Kier alpha value is -3.96. The molecule has 7 nitrogen and oxygen atoms in total. The van der Waals surface area contributed by atoms with E-state index in [4.69, 9.17) is 9.72 Å². The molecule has 0 unspecified atom stereocenters. The molecule has 8 heteroatoms. The van der Waals surface area contributed by atoms with Gasteiger partial charge in [0, 0.05) is 37.6 Å². The summed E-state index contributed by atoms with van der Waals surface area (Å²) in [5.74, 6) is 2.66. The van der Waals surface area contributed by atoms with Crippen molar-refractivity contribution in [2.75, 3.05) is 19.0 Å². The second kappa shape index (κ2) is 10.3. The van der Waals surface area contributed by atoms with Crippen LogP contribution in [0.5, 0.6) is 11.6 Å². The summed E-state index contributed by atoms with van der Waals surface area (Å²) in [7, 11) is 3.86. The van der Waals surface area contributed by atoms with Gasteiger partial charge in [0.15, 0.2) is 0 Å². The minimum absolute atomic E-state index is 0. The van der Waals surface area contributed by atoms with Gasteiger partial charge in [-0.2, -0.15) is 6.07 Å². The van der Waals surface area contributed by atoms with Crippen molar-refractivity contribution in [3.8, 4) is 28.8 Å². The van der Waals surface area contributed by atoms with Gasteiger partial charge >= 0.3 is 21.1 Å². The van der Waals surface area contributed by atoms with Crippen LogP contribution in [0.3, 0.4) is 0 Å². The molecule has 0 fully saturated rings. The first-order valence-corrected chi connectivity index (χ1v) is 12.5. The molecule has 0 spiro atoms. The fourth-order valence-corrected chi connectivity index (χ4v) is 4.53. The van der Waals surface area contributed by atoms with E-state index in [1.807, 2.05) is 61.6 Å². The van der Waals surface area contributed by atoms with Gasteiger partial charge in [-0.3, -0.25) is 0 Å². The first kappa shape index (κ1) is 26.6. The van der Waals surface area contributed by atoms with Gasteiger partial charge in [0.25, 0.3) is 0 Å². The molecule has 2 aromatic carbocycles. The zero-order valence-electron chi connectivity index (χ0n) is 22.4. The topological polar surface area (TPSA) is 70.2 Å². The number of rotatable bonds is 5. The summed E-state index contributed by atoms with van der Waals surface area (Å²) in [6.45, 7) is 6.62. The van der Waals surface area contributed by atoms with Crippen LogP contribution in [0.2, 0.25) is 0 Å². The number of hydrogen-bond donors (Lipinski definition) is 0. The van der Waals surface area contributed by atoms with Crippen LogP contribution < -0.4 is 14.7 Å². The standard InChI is InChI=1S/C31H28N6O.Pt/c1-31(2,3)20-15-16-32-28(17-20)37-26-11-7-6-9-22(26)23-14-13-21(18-27(23)37)38-30-12-8-10-24(33-30)25-19-29(35-34-25)36(4)5;/h6-17,19H,1-5H3;/q-2;+2. The van der Waals surface area contributed by atoms with Crippen molar-refractivity contribution in [3.05, 3.63) is 90.6 Å². The number of anilines is 1. The van der Waals surface area contributed by atoms with Crippen molar-refractivity contribution in [2.45, 2.75) is 26.2 Å². The number of nitrogens with zero attached hydrogens (tertiary/aromatic N) is 6. The Balaban J connectivity index is 0.00000308. The van der Waals surface area contributed by atoms with Crippen molar-refractivity contribution in [2.24, 2.45) is 0 Å². The fourth-order valence-electron chi connectivity index (χ4n) is 4.53. The third-order valence-electron chi connectivity index (χ3n) is 6.58. The molecule has 0 atom stereocenters. The van der Waals surface area contributed by atoms with E-state index in [1.165, 1.54) is 5.56 Å². The van der Waals surface area contributed by atoms with Crippen LogP contribution in [0, 0.1) is 6.07 Å². The molecule has 0 N–H and O–H groups in total. The summed E-state index contributed by atoms with van der Waals surface area (Å²) < 4.78 is 8.36.